The fourth-order valence-electron chi connectivity index (χ4n) is 2.68. The van der Waals surface area contributed by atoms with Crippen molar-refractivity contribution in [2.24, 2.45) is 5.92 Å². The summed E-state index contributed by atoms with van der Waals surface area (Å²) in [5.74, 6) is 1.38. The fourth-order valence-corrected chi connectivity index (χ4v) is 3.54. The van der Waals surface area contributed by atoms with Gasteiger partial charge >= 0.3 is 0 Å². The molecular formula is C14H24N4O3S. The molecule has 0 radical (unpaired) electrons. The number of rotatable bonds is 7. The molecule has 2 rings (SSSR count). The molecule has 1 aromatic heterocycles. The Balaban J connectivity index is 1.92. The quantitative estimate of drug-likeness (QED) is 0.786. The molecule has 1 aromatic rings. The predicted molar refractivity (Wildman–Crippen MR) is 85.4 cm³/mol. The molecule has 7 nitrogen and oxygen atoms in total. The van der Waals surface area contributed by atoms with E-state index in [0.29, 0.717) is 18.2 Å². The third-order valence-corrected chi connectivity index (χ3v) is 4.27. The summed E-state index contributed by atoms with van der Waals surface area (Å²) >= 11 is 0. The van der Waals surface area contributed by atoms with Crippen LogP contribution < -0.4 is 14.8 Å². The maximum Gasteiger partial charge on any atom is 0.234 e. The second-order valence-electron chi connectivity index (χ2n) is 5.98. The minimum absolute atomic E-state index is 0.00874. The van der Waals surface area contributed by atoms with Crippen LogP contribution in [-0.2, 0) is 10.0 Å². The first-order valence-corrected chi connectivity index (χ1v) is 9.42. The highest BCUT2D eigenvalue weighted by molar-refractivity contribution is 7.88. The van der Waals surface area contributed by atoms with Gasteiger partial charge in [0.1, 0.15) is 5.82 Å². The van der Waals surface area contributed by atoms with Crippen molar-refractivity contribution in [3.8, 4) is 5.88 Å². The van der Waals surface area contributed by atoms with E-state index in [0.717, 1.165) is 19.3 Å². The summed E-state index contributed by atoms with van der Waals surface area (Å²) in [4.78, 5) is 8.44. The summed E-state index contributed by atoms with van der Waals surface area (Å²) in [6.45, 7) is 4.52. The topological polar surface area (TPSA) is 93.2 Å². The Bertz CT molecular complexity index is 592. The van der Waals surface area contributed by atoms with Gasteiger partial charge in [-0.25, -0.2) is 13.1 Å². The van der Waals surface area contributed by atoms with Crippen molar-refractivity contribution in [3.05, 3.63) is 12.4 Å². The molecule has 22 heavy (non-hydrogen) atoms. The largest absolute Gasteiger partial charge is 0.474 e. The molecule has 0 aromatic carbocycles. The van der Waals surface area contributed by atoms with Gasteiger partial charge in [-0.3, -0.25) is 4.98 Å². The Morgan fingerprint density at radius 1 is 1.36 bits per heavy atom. The lowest BCUT2D eigenvalue weighted by Crippen LogP contribution is -2.39. The first-order chi connectivity index (χ1) is 10.3. The van der Waals surface area contributed by atoms with Gasteiger partial charge in [-0.1, -0.05) is 6.42 Å². The summed E-state index contributed by atoms with van der Waals surface area (Å²) < 4.78 is 31.0. The lowest BCUT2D eigenvalue weighted by Gasteiger charge is -2.20. The Hall–Kier alpha value is -1.41. The molecule has 0 saturated heterocycles. The highest BCUT2D eigenvalue weighted by atomic mass is 32.2. The molecule has 0 bridgehead atoms. The monoisotopic (exact) mass is 328 g/mol. The highest BCUT2D eigenvalue weighted by Crippen LogP contribution is 2.26. The number of hydrogen-bond acceptors (Lipinski definition) is 6. The Morgan fingerprint density at radius 2 is 2.14 bits per heavy atom. The molecule has 1 fully saturated rings. The summed E-state index contributed by atoms with van der Waals surface area (Å²) in [5, 5.41) is 3.23. The highest BCUT2D eigenvalue weighted by Gasteiger charge is 2.29. The zero-order valence-corrected chi connectivity index (χ0v) is 14.1. The number of ether oxygens (including phenoxy) is 1. The molecule has 1 aliphatic rings. The summed E-state index contributed by atoms with van der Waals surface area (Å²) in [6.07, 6.45) is 7.37. The molecule has 1 aliphatic carbocycles. The summed E-state index contributed by atoms with van der Waals surface area (Å²) in [6, 6.07) is -0.00874. The van der Waals surface area contributed by atoms with Gasteiger partial charge in [0.05, 0.1) is 24.8 Å². The molecule has 2 N–H and O–H groups in total. The van der Waals surface area contributed by atoms with Crippen LogP contribution in [-0.4, -0.2) is 43.3 Å². The van der Waals surface area contributed by atoms with Gasteiger partial charge < -0.3 is 10.1 Å². The molecule has 0 aliphatic heterocycles. The Labute approximate surface area is 131 Å². The van der Waals surface area contributed by atoms with Crippen molar-refractivity contribution >= 4 is 15.8 Å². The molecule has 2 atom stereocenters. The molecule has 2 unspecified atom stereocenters. The number of anilines is 1. The third kappa shape index (κ3) is 5.42. The van der Waals surface area contributed by atoms with Crippen molar-refractivity contribution in [1.29, 1.82) is 0 Å². The smallest absolute Gasteiger partial charge is 0.234 e. The van der Waals surface area contributed by atoms with Crippen LogP contribution >= 0.6 is 0 Å². The minimum atomic E-state index is -3.17. The average Bonchev–Trinajstić information content (AvgIpc) is 2.81. The standard InChI is InChI=1S/C14H24N4O3S/c1-10(2)21-14-9-15-8-13(17-14)16-7-11-5-4-6-12(11)18-22(3,19)20/h8-12,18H,4-7H2,1-3H3,(H,16,17). The van der Waals surface area contributed by atoms with E-state index < -0.39 is 10.0 Å². The van der Waals surface area contributed by atoms with Gasteiger partial charge in [-0.05, 0) is 32.6 Å². The van der Waals surface area contributed by atoms with Crippen LogP contribution in [0.5, 0.6) is 5.88 Å². The zero-order chi connectivity index (χ0) is 16.2. The van der Waals surface area contributed by atoms with E-state index in [1.165, 1.54) is 6.26 Å². The van der Waals surface area contributed by atoms with Crippen LogP contribution in [0.3, 0.4) is 0 Å². The third-order valence-electron chi connectivity index (χ3n) is 3.54. The minimum Gasteiger partial charge on any atom is -0.474 e. The van der Waals surface area contributed by atoms with Crippen molar-refractivity contribution < 1.29 is 13.2 Å². The van der Waals surface area contributed by atoms with Crippen LogP contribution in [0.2, 0.25) is 0 Å². The molecule has 0 spiro atoms. The van der Waals surface area contributed by atoms with Gasteiger partial charge in [0.2, 0.25) is 15.9 Å². The maximum atomic E-state index is 11.4. The van der Waals surface area contributed by atoms with Crippen LogP contribution in [0.4, 0.5) is 5.82 Å². The normalized spacial score (nSPS) is 22.0. The predicted octanol–water partition coefficient (Wildman–Crippen LogP) is 1.39. The number of nitrogens with zero attached hydrogens (tertiary/aromatic N) is 2. The molecule has 1 saturated carbocycles. The number of nitrogens with one attached hydrogen (secondary N) is 2. The number of aromatic nitrogens is 2. The van der Waals surface area contributed by atoms with Crippen LogP contribution in [0, 0.1) is 5.92 Å². The second-order valence-corrected chi connectivity index (χ2v) is 7.76. The fraction of sp³-hybridized carbons (Fsp3) is 0.714. The van der Waals surface area contributed by atoms with Crippen molar-refractivity contribution in [1.82, 2.24) is 14.7 Å². The summed E-state index contributed by atoms with van der Waals surface area (Å²) in [5.41, 5.74) is 0. The SMILES string of the molecule is CC(C)Oc1cncc(NCC2CCCC2NS(C)(=O)=O)n1. The summed E-state index contributed by atoms with van der Waals surface area (Å²) in [7, 11) is -3.17. The molecule has 124 valence electrons. The lowest BCUT2D eigenvalue weighted by molar-refractivity contribution is 0.232. The van der Waals surface area contributed by atoms with E-state index in [1.807, 2.05) is 13.8 Å². The molecular weight excluding hydrogens is 304 g/mol. The lowest BCUT2D eigenvalue weighted by atomic mass is 10.1. The van der Waals surface area contributed by atoms with E-state index in [2.05, 4.69) is 20.0 Å². The Kier molecular flexibility index (Phi) is 5.57. The van der Waals surface area contributed by atoms with Crippen molar-refractivity contribution in [2.45, 2.75) is 45.3 Å². The van der Waals surface area contributed by atoms with Gasteiger partial charge in [0.25, 0.3) is 0 Å². The first-order valence-electron chi connectivity index (χ1n) is 7.53. The molecule has 1 heterocycles. The second kappa shape index (κ2) is 7.23. The maximum absolute atomic E-state index is 11.4. The van der Waals surface area contributed by atoms with E-state index in [1.54, 1.807) is 12.4 Å². The van der Waals surface area contributed by atoms with Gasteiger partial charge in [-0.2, -0.15) is 4.98 Å². The van der Waals surface area contributed by atoms with Crippen LogP contribution in [0.15, 0.2) is 12.4 Å². The van der Waals surface area contributed by atoms with Crippen molar-refractivity contribution in [3.63, 3.8) is 0 Å². The van der Waals surface area contributed by atoms with Gasteiger partial charge in [-0.15, -0.1) is 0 Å². The van der Waals surface area contributed by atoms with E-state index in [9.17, 15) is 8.42 Å². The van der Waals surface area contributed by atoms with Crippen LogP contribution in [0.25, 0.3) is 0 Å². The van der Waals surface area contributed by atoms with E-state index >= 15 is 0 Å². The Morgan fingerprint density at radius 3 is 2.82 bits per heavy atom. The van der Waals surface area contributed by atoms with Gasteiger partial charge in [0.15, 0.2) is 0 Å². The van der Waals surface area contributed by atoms with Crippen molar-refractivity contribution in [2.75, 3.05) is 18.1 Å². The average molecular weight is 328 g/mol. The van der Waals surface area contributed by atoms with E-state index in [-0.39, 0.29) is 18.1 Å². The first kappa shape index (κ1) is 17.0. The van der Waals surface area contributed by atoms with Crippen LogP contribution in [0.1, 0.15) is 33.1 Å². The zero-order valence-electron chi connectivity index (χ0n) is 13.2. The van der Waals surface area contributed by atoms with E-state index in [4.69, 9.17) is 4.74 Å². The molecule has 8 heteroatoms. The number of hydrogen-bond donors (Lipinski definition) is 2. The van der Waals surface area contributed by atoms with Gasteiger partial charge in [0, 0.05) is 12.6 Å². The molecule has 0 amide bonds. The number of sulfonamides is 1.